The summed E-state index contributed by atoms with van der Waals surface area (Å²) in [5.41, 5.74) is 4.64. The smallest absolute Gasteiger partial charge is 0.326 e. The second kappa shape index (κ2) is 5.50. The zero-order chi connectivity index (χ0) is 12.1. The van der Waals surface area contributed by atoms with Crippen molar-refractivity contribution in [3.05, 3.63) is 12.7 Å². The van der Waals surface area contributed by atoms with Crippen LogP contribution in [-0.2, 0) is 9.59 Å². The van der Waals surface area contributed by atoms with Crippen molar-refractivity contribution in [1.29, 1.82) is 0 Å². The lowest BCUT2D eigenvalue weighted by molar-refractivity contribution is -0.142. The summed E-state index contributed by atoms with van der Waals surface area (Å²) < 4.78 is 0. The molecule has 0 aliphatic carbocycles. The van der Waals surface area contributed by atoms with Crippen LogP contribution in [-0.4, -0.2) is 28.6 Å². The number of nitrogens with one attached hydrogen (secondary N) is 1. The van der Waals surface area contributed by atoms with E-state index in [0.29, 0.717) is 6.42 Å². The molecule has 1 amide bonds. The molecule has 4 N–H and O–H groups in total. The monoisotopic (exact) mass is 214 g/mol. The van der Waals surface area contributed by atoms with Crippen LogP contribution in [0.2, 0.25) is 0 Å². The van der Waals surface area contributed by atoms with Gasteiger partial charge >= 0.3 is 5.97 Å². The van der Waals surface area contributed by atoms with Gasteiger partial charge in [-0.05, 0) is 19.8 Å². The molecular weight excluding hydrogens is 196 g/mol. The first-order chi connectivity index (χ1) is 6.85. The molecule has 0 aliphatic rings. The molecule has 0 aromatic heterocycles. The van der Waals surface area contributed by atoms with Gasteiger partial charge in [-0.25, -0.2) is 4.79 Å². The number of nitrogens with two attached hydrogens (primary N) is 1. The molecule has 0 radical (unpaired) electrons. The van der Waals surface area contributed by atoms with Crippen LogP contribution < -0.4 is 11.1 Å². The van der Waals surface area contributed by atoms with Crippen LogP contribution in [0.1, 0.15) is 26.7 Å². The summed E-state index contributed by atoms with van der Waals surface area (Å²) in [6.07, 6.45) is 2.07. The van der Waals surface area contributed by atoms with E-state index in [1.54, 1.807) is 13.8 Å². The summed E-state index contributed by atoms with van der Waals surface area (Å²) in [6, 6.07) is -0.954. The quantitative estimate of drug-likeness (QED) is 0.553. The van der Waals surface area contributed by atoms with E-state index in [-0.39, 0.29) is 6.42 Å². The van der Waals surface area contributed by atoms with Gasteiger partial charge in [0.05, 0.1) is 5.54 Å². The topological polar surface area (TPSA) is 92.4 Å². The molecule has 5 heteroatoms. The molecule has 0 aromatic rings. The highest BCUT2D eigenvalue weighted by atomic mass is 16.4. The van der Waals surface area contributed by atoms with Gasteiger partial charge in [0.15, 0.2) is 0 Å². The van der Waals surface area contributed by atoms with Crippen molar-refractivity contribution in [3.63, 3.8) is 0 Å². The normalized spacial score (nSPS) is 16.2. The summed E-state index contributed by atoms with van der Waals surface area (Å²) >= 11 is 0. The van der Waals surface area contributed by atoms with Crippen LogP contribution in [0.3, 0.4) is 0 Å². The molecule has 2 unspecified atom stereocenters. The van der Waals surface area contributed by atoms with Crippen molar-refractivity contribution in [1.82, 2.24) is 5.32 Å². The number of aliphatic carboxylic acids is 1. The lowest BCUT2D eigenvalue weighted by Gasteiger charge is -2.23. The van der Waals surface area contributed by atoms with Crippen molar-refractivity contribution >= 4 is 11.9 Å². The number of carbonyl (C=O) groups excluding carboxylic acids is 1. The van der Waals surface area contributed by atoms with Gasteiger partial charge in [0.25, 0.3) is 0 Å². The van der Waals surface area contributed by atoms with E-state index in [9.17, 15) is 9.59 Å². The third kappa shape index (κ3) is 4.12. The highest BCUT2D eigenvalue weighted by Crippen LogP contribution is 2.06. The van der Waals surface area contributed by atoms with E-state index in [2.05, 4.69) is 11.9 Å². The molecule has 15 heavy (non-hydrogen) atoms. The summed E-state index contributed by atoms with van der Waals surface area (Å²) in [5, 5.41) is 11.2. The zero-order valence-corrected chi connectivity index (χ0v) is 9.12. The molecule has 0 fully saturated rings. The molecule has 0 saturated carbocycles. The molecule has 0 heterocycles. The molecule has 0 bridgehead atoms. The van der Waals surface area contributed by atoms with Gasteiger partial charge in [0.1, 0.15) is 6.04 Å². The SMILES string of the molecule is C=CCC(NC(=O)C(C)(N)CC)C(=O)O. The Morgan fingerprint density at radius 3 is 2.53 bits per heavy atom. The van der Waals surface area contributed by atoms with E-state index in [1.165, 1.54) is 6.08 Å². The summed E-state index contributed by atoms with van der Waals surface area (Å²) in [7, 11) is 0. The predicted molar refractivity (Wildman–Crippen MR) is 57.3 cm³/mol. The van der Waals surface area contributed by atoms with Gasteiger partial charge in [-0.15, -0.1) is 6.58 Å². The van der Waals surface area contributed by atoms with Gasteiger partial charge in [-0.1, -0.05) is 13.0 Å². The molecule has 0 aliphatic heterocycles. The van der Waals surface area contributed by atoms with Crippen molar-refractivity contribution in [3.8, 4) is 0 Å². The number of hydrogen-bond acceptors (Lipinski definition) is 3. The fourth-order valence-electron chi connectivity index (χ4n) is 0.872. The van der Waals surface area contributed by atoms with Gasteiger partial charge in [-0.3, -0.25) is 4.79 Å². The molecule has 2 atom stereocenters. The highest BCUT2D eigenvalue weighted by molar-refractivity contribution is 5.89. The molecule has 5 nitrogen and oxygen atoms in total. The van der Waals surface area contributed by atoms with Gasteiger partial charge in [0, 0.05) is 0 Å². The van der Waals surface area contributed by atoms with Gasteiger partial charge in [-0.2, -0.15) is 0 Å². The van der Waals surface area contributed by atoms with E-state index < -0.39 is 23.5 Å². The predicted octanol–water partition coefficient (Wildman–Crippen LogP) is 0.259. The molecule has 0 aromatic carbocycles. The average molecular weight is 214 g/mol. The van der Waals surface area contributed by atoms with Crippen LogP contribution in [0, 0.1) is 0 Å². The van der Waals surface area contributed by atoms with E-state index in [4.69, 9.17) is 10.8 Å². The molecule has 0 rings (SSSR count). The van der Waals surface area contributed by atoms with Crippen molar-refractivity contribution in [2.75, 3.05) is 0 Å². The minimum absolute atomic E-state index is 0.181. The largest absolute Gasteiger partial charge is 0.480 e. The van der Waals surface area contributed by atoms with Crippen molar-refractivity contribution < 1.29 is 14.7 Å². The van der Waals surface area contributed by atoms with E-state index in [1.807, 2.05) is 0 Å². The lowest BCUT2D eigenvalue weighted by Crippen LogP contribution is -2.55. The number of rotatable bonds is 6. The molecule has 0 saturated heterocycles. The third-order valence-corrected chi connectivity index (χ3v) is 2.26. The Hall–Kier alpha value is -1.36. The molecular formula is C10H18N2O3. The summed E-state index contributed by atoms with van der Waals surface area (Å²) in [4.78, 5) is 22.3. The minimum atomic E-state index is -1.09. The number of carboxylic acids is 1. The summed E-state index contributed by atoms with van der Waals surface area (Å²) in [6.45, 7) is 6.76. The number of amides is 1. The molecule has 86 valence electrons. The van der Waals surface area contributed by atoms with Crippen LogP contribution in [0.4, 0.5) is 0 Å². The first-order valence-corrected chi connectivity index (χ1v) is 4.78. The Balaban J connectivity index is 4.48. The maximum Gasteiger partial charge on any atom is 0.326 e. The summed E-state index contributed by atoms with van der Waals surface area (Å²) in [5.74, 6) is -1.55. The van der Waals surface area contributed by atoms with Crippen molar-refractivity contribution in [2.24, 2.45) is 5.73 Å². The van der Waals surface area contributed by atoms with E-state index in [0.717, 1.165) is 0 Å². The second-order valence-electron chi connectivity index (χ2n) is 3.66. The van der Waals surface area contributed by atoms with Crippen LogP contribution >= 0.6 is 0 Å². The van der Waals surface area contributed by atoms with Crippen LogP contribution in [0.25, 0.3) is 0 Å². The average Bonchev–Trinajstić information content (AvgIpc) is 2.16. The highest BCUT2D eigenvalue weighted by Gasteiger charge is 2.29. The third-order valence-electron chi connectivity index (χ3n) is 2.26. The lowest BCUT2D eigenvalue weighted by atomic mass is 9.99. The Labute approximate surface area is 89.3 Å². The number of carboxylic acid groups (broad SMARTS) is 1. The van der Waals surface area contributed by atoms with E-state index >= 15 is 0 Å². The van der Waals surface area contributed by atoms with Crippen molar-refractivity contribution in [2.45, 2.75) is 38.3 Å². The van der Waals surface area contributed by atoms with Gasteiger partial charge < -0.3 is 16.2 Å². The van der Waals surface area contributed by atoms with Crippen LogP contribution in [0.15, 0.2) is 12.7 Å². The van der Waals surface area contributed by atoms with Gasteiger partial charge in [0.2, 0.25) is 5.91 Å². The number of carbonyl (C=O) groups is 2. The Kier molecular flexibility index (Phi) is 5.00. The zero-order valence-electron chi connectivity index (χ0n) is 9.12. The van der Waals surface area contributed by atoms with Crippen LogP contribution in [0.5, 0.6) is 0 Å². The fraction of sp³-hybridized carbons (Fsp3) is 0.600. The maximum atomic E-state index is 11.6. The Bertz CT molecular complexity index is 261. The Morgan fingerprint density at radius 2 is 2.20 bits per heavy atom. The standard InChI is InChI=1S/C10H18N2O3/c1-4-6-7(8(13)14)12-9(15)10(3,11)5-2/h4,7H,1,5-6,11H2,2-3H3,(H,12,15)(H,13,14). The first-order valence-electron chi connectivity index (χ1n) is 4.78. The first kappa shape index (κ1) is 13.6. The fourth-order valence-corrected chi connectivity index (χ4v) is 0.872. The number of hydrogen-bond donors (Lipinski definition) is 3. The minimum Gasteiger partial charge on any atom is -0.480 e. The maximum absolute atomic E-state index is 11.6. The molecule has 0 spiro atoms. The Morgan fingerprint density at radius 1 is 1.67 bits per heavy atom. The second-order valence-corrected chi connectivity index (χ2v) is 3.66.